The maximum Gasteiger partial charge on any atom is 0.240 e. The highest BCUT2D eigenvalue weighted by molar-refractivity contribution is 5.85. The summed E-state index contributed by atoms with van der Waals surface area (Å²) in [7, 11) is 0. The lowest BCUT2D eigenvalue weighted by molar-refractivity contribution is -0.129. The molecule has 5 nitrogen and oxygen atoms in total. The molecule has 5 heteroatoms. The number of nitrogens with one attached hydrogen (secondary N) is 2. The first-order valence-corrected chi connectivity index (χ1v) is 5.95. The van der Waals surface area contributed by atoms with Crippen molar-refractivity contribution in [2.45, 2.75) is 38.6 Å². The summed E-state index contributed by atoms with van der Waals surface area (Å²) >= 11 is 0. The number of imidazole rings is 1. The van der Waals surface area contributed by atoms with Crippen LogP contribution in [0.2, 0.25) is 0 Å². The van der Waals surface area contributed by atoms with Gasteiger partial charge in [-0.2, -0.15) is 5.26 Å². The molecule has 0 bridgehead atoms. The van der Waals surface area contributed by atoms with E-state index in [2.05, 4.69) is 21.4 Å². The number of nitriles is 1. The lowest BCUT2D eigenvalue weighted by atomic mass is 9.74. The van der Waals surface area contributed by atoms with Crippen LogP contribution in [0.25, 0.3) is 0 Å². The minimum absolute atomic E-state index is 0.156. The average molecular weight is 232 g/mol. The Morgan fingerprint density at radius 1 is 1.53 bits per heavy atom. The normalized spacial score (nSPS) is 18.3. The third-order valence-electron chi connectivity index (χ3n) is 3.33. The van der Waals surface area contributed by atoms with Crippen LogP contribution < -0.4 is 5.32 Å². The third kappa shape index (κ3) is 2.47. The Balaban J connectivity index is 1.96. The van der Waals surface area contributed by atoms with Crippen molar-refractivity contribution in [3.05, 3.63) is 18.2 Å². The molecule has 0 aliphatic heterocycles. The fraction of sp³-hybridized carbons (Fsp3) is 0.583. The molecule has 1 amide bonds. The Labute approximate surface area is 100 Å². The number of carbonyl (C=O) groups is 1. The van der Waals surface area contributed by atoms with Crippen LogP contribution in [0.5, 0.6) is 0 Å². The molecule has 1 fully saturated rings. The van der Waals surface area contributed by atoms with Crippen molar-refractivity contribution >= 4 is 5.91 Å². The van der Waals surface area contributed by atoms with E-state index < -0.39 is 5.41 Å². The predicted molar refractivity (Wildman–Crippen MR) is 61.6 cm³/mol. The van der Waals surface area contributed by atoms with Gasteiger partial charge in [0.05, 0.1) is 12.6 Å². The summed E-state index contributed by atoms with van der Waals surface area (Å²) in [6.07, 6.45) is 7.74. The molecule has 0 saturated heterocycles. The molecule has 0 radical (unpaired) electrons. The van der Waals surface area contributed by atoms with Crippen LogP contribution in [0.4, 0.5) is 0 Å². The first kappa shape index (κ1) is 11.6. The van der Waals surface area contributed by atoms with E-state index >= 15 is 0 Å². The second-order valence-electron chi connectivity index (χ2n) is 4.47. The van der Waals surface area contributed by atoms with Crippen LogP contribution in [-0.2, 0) is 11.3 Å². The molecular weight excluding hydrogens is 216 g/mol. The molecule has 2 rings (SSSR count). The molecule has 17 heavy (non-hydrogen) atoms. The van der Waals surface area contributed by atoms with Gasteiger partial charge in [0.1, 0.15) is 11.2 Å². The Bertz CT molecular complexity index is 412. The number of hydrogen-bond donors (Lipinski definition) is 2. The van der Waals surface area contributed by atoms with Gasteiger partial charge in [-0.1, -0.05) is 19.3 Å². The molecule has 0 atom stereocenters. The maximum absolute atomic E-state index is 12.1. The van der Waals surface area contributed by atoms with Gasteiger partial charge in [0, 0.05) is 12.4 Å². The number of nitrogens with zero attached hydrogens (tertiary/aromatic N) is 2. The van der Waals surface area contributed by atoms with Crippen LogP contribution in [0.15, 0.2) is 12.4 Å². The van der Waals surface area contributed by atoms with Gasteiger partial charge in [0.15, 0.2) is 0 Å². The monoisotopic (exact) mass is 232 g/mol. The van der Waals surface area contributed by atoms with Crippen LogP contribution in [0.1, 0.15) is 37.9 Å². The fourth-order valence-electron chi connectivity index (χ4n) is 2.27. The first-order chi connectivity index (χ1) is 8.27. The molecule has 90 valence electrons. The summed E-state index contributed by atoms with van der Waals surface area (Å²) in [5.41, 5.74) is -0.815. The lowest BCUT2D eigenvalue weighted by Gasteiger charge is -2.28. The SMILES string of the molecule is N#CC1(C(=O)NCc2ncc[nH]2)CCCCC1. The van der Waals surface area contributed by atoms with Gasteiger partial charge in [0.2, 0.25) is 5.91 Å². The summed E-state index contributed by atoms with van der Waals surface area (Å²) in [4.78, 5) is 19.0. The van der Waals surface area contributed by atoms with E-state index in [0.717, 1.165) is 19.3 Å². The average Bonchev–Trinajstić information content (AvgIpc) is 2.90. The highest BCUT2D eigenvalue weighted by Gasteiger charge is 2.39. The van der Waals surface area contributed by atoms with Crippen molar-refractivity contribution in [1.29, 1.82) is 5.26 Å². The highest BCUT2D eigenvalue weighted by Crippen LogP contribution is 2.35. The second-order valence-corrected chi connectivity index (χ2v) is 4.47. The number of aromatic amines is 1. The van der Waals surface area contributed by atoms with E-state index in [1.807, 2.05) is 0 Å². The van der Waals surface area contributed by atoms with Gasteiger partial charge < -0.3 is 10.3 Å². The molecule has 1 aliphatic rings. The Kier molecular flexibility index (Phi) is 3.43. The van der Waals surface area contributed by atoms with E-state index in [9.17, 15) is 10.1 Å². The van der Waals surface area contributed by atoms with E-state index in [4.69, 9.17) is 0 Å². The molecule has 1 aromatic heterocycles. The van der Waals surface area contributed by atoms with Gasteiger partial charge in [-0.3, -0.25) is 4.79 Å². The highest BCUT2D eigenvalue weighted by atomic mass is 16.2. The summed E-state index contributed by atoms with van der Waals surface area (Å²) < 4.78 is 0. The van der Waals surface area contributed by atoms with Crippen molar-refractivity contribution in [2.24, 2.45) is 5.41 Å². The number of hydrogen-bond acceptors (Lipinski definition) is 3. The standard InChI is InChI=1S/C12H16N4O/c13-9-12(4-2-1-3-5-12)11(17)16-8-10-14-6-7-15-10/h6-7H,1-5,8H2,(H,14,15)(H,16,17). The zero-order chi connectivity index (χ0) is 12.1. The number of H-pyrrole nitrogens is 1. The van der Waals surface area contributed by atoms with Crippen LogP contribution in [0, 0.1) is 16.7 Å². The molecule has 1 aliphatic carbocycles. The van der Waals surface area contributed by atoms with Crippen molar-refractivity contribution in [1.82, 2.24) is 15.3 Å². The smallest absolute Gasteiger partial charge is 0.240 e. The van der Waals surface area contributed by atoms with Crippen molar-refractivity contribution in [2.75, 3.05) is 0 Å². The minimum atomic E-state index is -0.815. The van der Waals surface area contributed by atoms with Crippen molar-refractivity contribution < 1.29 is 4.79 Å². The molecule has 1 heterocycles. The van der Waals surface area contributed by atoms with Gasteiger partial charge in [-0.25, -0.2) is 4.98 Å². The Morgan fingerprint density at radius 3 is 2.88 bits per heavy atom. The molecule has 1 saturated carbocycles. The van der Waals surface area contributed by atoms with Crippen LogP contribution in [0.3, 0.4) is 0 Å². The first-order valence-electron chi connectivity index (χ1n) is 5.95. The quantitative estimate of drug-likeness (QED) is 0.828. The van der Waals surface area contributed by atoms with Crippen molar-refractivity contribution in [3.63, 3.8) is 0 Å². The minimum Gasteiger partial charge on any atom is -0.347 e. The summed E-state index contributed by atoms with van der Waals surface area (Å²) in [5, 5.41) is 12.0. The predicted octanol–water partition coefficient (Wildman–Crippen LogP) is 1.50. The van der Waals surface area contributed by atoms with E-state index in [1.165, 1.54) is 0 Å². The Hall–Kier alpha value is -1.83. The molecule has 0 aromatic carbocycles. The van der Waals surface area contributed by atoms with E-state index in [-0.39, 0.29) is 5.91 Å². The summed E-state index contributed by atoms with van der Waals surface area (Å²) in [5.74, 6) is 0.554. The van der Waals surface area contributed by atoms with Crippen molar-refractivity contribution in [3.8, 4) is 6.07 Å². The second kappa shape index (κ2) is 5.00. The van der Waals surface area contributed by atoms with Gasteiger partial charge >= 0.3 is 0 Å². The number of aromatic nitrogens is 2. The molecule has 2 N–H and O–H groups in total. The van der Waals surface area contributed by atoms with Gasteiger partial charge in [-0.05, 0) is 12.8 Å². The number of amides is 1. The van der Waals surface area contributed by atoms with E-state index in [1.54, 1.807) is 12.4 Å². The Morgan fingerprint density at radius 2 is 2.29 bits per heavy atom. The molecule has 1 aromatic rings. The number of carbonyl (C=O) groups excluding carboxylic acids is 1. The lowest BCUT2D eigenvalue weighted by Crippen LogP contribution is -2.41. The van der Waals surface area contributed by atoms with Gasteiger partial charge in [-0.15, -0.1) is 0 Å². The maximum atomic E-state index is 12.1. The largest absolute Gasteiger partial charge is 0.347 e. The topological polar surface area (TPSA) is 81.6 Å². The summed E-state index contributed by atoms with van der Waals surface area (Å²) in [6.45, 7) is 0.356. The molecular formula is C12H16N4O. The zero-order valence-electron chi connectivity index (χ0n) is 9.70. The van der Waals surface area contributed by atoms with E-state index in [0.29, 0.717) is 25.2 Å². The summed E-state index contributed by atoms with van der Waals surface area (Å²) in [6, 6.07) is 2.20. The van der Waals surface area contributed by atoms with Crippen LogP contribution in [-0.4, -0.2) is 15.9 Å². The fourth-order valence-corrected chi connectivity index (χ4v) is 2.27. The van der Waals surface area contributed by atoms with Gasteiger partial charge in [0.25, 0.3) is 0 Å². The zero-order valence-corrected chi connectivity index (χ0v) is 9.70. The number of rotatable bonds is 3. The van der Waals surface area contributed by atoms with Crippen LogP contribution >= 0.6 is 0 Å². The molecule has 0 unspecified atom stereocenters. The molecule has 0 spiro atoms. The third-order valence-corrected chi connectivity index (χ3v) is 3.33.